The van der Waals surface area contributed by atoms with Crippen LogP contribution in [0.4, 0.5) is 0 Å². The first kappa shape index (κ1) is 20.6. The largest absolute Gasteiger partial charge is 0.303 e. The van der Waals surface area contributed by atoms with Gasteiger partial charge in [0.2, 0.25) is 10.0 Å². The molecule has 26 heavy (non-hydrogen) atoms. The van der Waals surface area contributed by atoms with Crippen LogP contribution in [0.15, 0.2) is 59.5 Å². The van der Waals surface area contributed by atoms with Gasteiger partial charge in [-0.15, -0.1) is 12.4 Å². The molecule has 3 rings (SSSR count). The summed E-state index contributed by atoms with van der Waals surface area (Å²) >= 11 is 0. The van der Waals surface area contributed by atoms with E-state index in [2.05, 4.69) is 4.90 Å². The van der Waals surface area contributed by atoms with Crippen molar-refractivity contribution in [3.05, 3.63) is 65.7 Å². The van der Waals surface area contributed by atoms with Crippen molar-refractivity contribution < 1.29 is 13.2 Å². The van der Waals surface area contributed by atoms with E-state index in [0.29, 0.717) is 25.2 Å². The number of carbonyl (C=O) groups excluding carboxylic acids is 1. The quantitative estimate of drug-likeness (QED) is 0.748. The van der Waals surface area contributed by atoms with E-state index in [1.54, 1.807) is 16.4 Å². The van der Waals surface area contributed by atoms with Crippen LogP contribution in [0.25, 0.3) is 0 Å². The van der Waals surface area contributed by atoms with Crippen molar-refractivity contribution in [1.29, 1.82) is 0 Å². The summed E-state index contributed by atoms with van der Waals surface area (Å²) in [5.74, 6) is -0.0780. The number of rotatable bonds is 4. The van der Waals surface area contributed by atoms with Gasteiger partial charge < -0.3 is 4.90 Å². The Morgan fingerprint density at radius 1 is 1.00 bits per heavy atom. The Bertz CT molecular complexity index is 854. The predicted molar refractivity (Wildman–Crippen MR) is 104 cm³/mol. The van der Waals surface area contributed by atoms with Gasteiger partial charge in [0.25, 0.3) is 0 Å². The molecule has 1 aliphatic heterocycles. The molecule has 0 N–H and O–H groups in total. The fraction of sp³-hybridized carbons (Fsp3) is 0.316. The summed E-state index contributed by atoms with van der Waals surface area (Å²) in [5.41, 5.74) is 1.50. The smallest absolute Gasteiger partial charge is 0.243 e. The third kappa shape index (κ3) is 4.15. The summed E-state index contributed by atoms with van der Waals surface area (Å²) in [6.07, 6.45) is 0. The van der Waals surface area contributed by atoms with Gasteiger partial charge in [0.05, 0.1) is 10.9 Å². The van der Waals surface area contributed by atoms with E-state index in [1.807, 2.05) is 37.4 Å². The summed E-state index contributed by atoms with van der Waals surface area (Å²) in [6.45, 7) is 3.24. The van der Waals surface area contributed by atoms with Gasteiger partial charge in [-0.05, 0) is 31.7 Å². The number of piperazine rings is 1. The number of Topliss-reactive ketones (excluding diaryl/α,β-unsaturated/α-hetero) is 1. The Morgan fingerprint density at radius 2 is 1.62 bits per heavy atom. The molecule has 0 saturated carbocycles. The highest BCUT2D eigenvalue weighted by atomic mass is 35.5. The lowest BCUT2D eigenvalue weighted by atomic mass is 10.1. The predicted octanol–water partition coefficient (Wildman–Crippen LogP) is 2.99. The van der Waals surface area contributed by atoms with E-state index in [4.69, 9.17) is 0 Å². The Balaban J connectivity index is 0.00000243. The highest BCUT2D eigenvalue weighted by molar-refractivity contribution is 7.89. The molecular weight excluding hydrogens is 372 g/mol. The zero-order valence-electron chi connectivity index (χ0n) is 14.8. The van der Waals surface area contributed by atoms with Crippen molar-refractivity contribution in [2.75, 3.05) is 26.7 Å². The number of benzene rings is 2. The topological polar surface area (TPSA) is 57.7 Å². The molecular formula is C19H23ClN2O3S. The standard InChI is InChI=1S/C19H22N2O3S.ClH/c1-15(22)16-8-10-18(11-9-16)25(23,24)21-13-12-20(2)14-19(21)17-6-4-3-5-7-17;/h3-11,19H,12-14H2,1-2H3;1H. The monoisotopic (exact) mass is 394 g/mol. The van der Waals surface area contributed by atoms with Gasteiger partial charge in [-0.25, -0.2) is 8.42 Å². The number of halogens is 1. The average molecular weight is 395 g/mol. The second-order valence-corrected chi connectivity index (χ2v) is 8.28. The number of sulfonamides is 1. The Morgan fingerprint density at radius 3 is 2.19 bits per heavy atom. The van der Waals surface area contributed by atoms with Crippen LogP contribution >= 0.6 is 12.4 Å². The Kier molecular flexibility index (Phi) is 6.58. The van der Waals surface area contributed by atoms with Gasteiger partial charge in [0.1, 0.15) is 0 Å². The normalized spacial score (nSPS) is 18.9. The third-order valence-electron chi connectivity index (χ3n) is 4.59. The average Bonchev–Trinajstić information content (AvgIpc) is 2.62. The molecule has 1 saturated heterocycles. The number of nitrogens with zero attached hydrogens (tertiary/aromatic N) is 2. The number of ketones is 1. The summed E-state index contributed by atoms with van der Waals surface area (Å²) in [6, 6.07) is 15.7. The first-order chi connectivity index (χ1) is 11.9. The summed E-state index contributed by atoms with van der Waals surface area (Å²) in [4.78, 5) is 13.8. The molecule has 0 aliphatic carbocycles. The van der Waals surface area contributed by atoms with Crippen LogP contribution in [-0.4, -0.2) is 50.1 Å². The van der Waals surface area contributed by atoms with Gasteiger partial charge >= 0.3 is 0 Å². The highest BCUT2D eigenvalue weighted by Crippen LogP contribution is 2.30. The lowest BCUT2D eigenvalue weighted by molar-refractivity contribution is 0.101. The van der Waals surface area contributed by atoms with Crippen LogP contribution in [-0.2, 0) is 10.0 Å². The maximum absolute atomic E-state index is 13.2. The van der Waals surface area contributed by atoms with Crippen LogP contribution in [0.1, 0.15) is 28.9 Å². The molecule has 0 amide bonds. The van der Waals surface area contributed by atoms with Gasteiger partial charge in [-0.2, -0.15) is 4.31 Å². The number of likely N-dealkylation sites (N-methyl/N-ethyl adjacent to an activating group) is 1. The molecule has 1 aliphatic rings. The Hall–Kier alpha value is -1.73. The van der Waals surface area contributed by atoms with Crippen LogP contribution in [0, 0.1) is 0 Å². The first-order valence-electron chi connectivity index (χ1n) is 8.26. The Labute approximate surface area is 161 Å². The fourth-order valence-corrected chi connectivity index (χ4v) is 4.73. The molecule has 7 heteroatoms. The molecule has 5 nitrogen and oxygen atoms in total. The molecule has 1 unspecified atom stereocenters. The summed E-state index contributed by atoms with van der Waals surface area (Å²) in [5, 5.41) is 0. The van der Waals surface area contributed by atoms with Gasteiger partial charge in [0.15, 0.2) is 5.78 Å². The third-order valence-corrected chi connectivity index (χ3v) is 6.51. The van der Waals surface area contributed by atoms with Crippen molar-refractivity contribution in [2.24, 2.45) is 0 Å². The maximum Gasteiger partial charge on any atom is 0.243 e. The van der Waals surface area contributed by atoms with Crippen LogP contribution in [0.2, 0.25) is 0 Å². The number of hydrogen-bond donors (Lipinski definition) is 0. The molecule has 0 radical (unpaired) electrons. The summed E-state index contributed by atoms with van der Waals surface area (Å²) < 4.78 is 27.9. The van der Waals surface area contributed by atoms with E-state index >= 15 is 0 Å². The molecule has 0 spiro atoms. The number of hydrogen-bond acceptors (Lipinski definition) is 4. The first-order valence-corrected chi connectivity index (χ1v) is 9.70. The van der Waals surface area contributed by atoms with Crippen molar-refractivity contribution >= 4 is 28.2 Å². The maximum atomic E-state index is 13.2. The zero-order valence-corrected chi connectivity index (χ0v) is 16.5. The van der Waals surface area contributed by atoms with Crippen molar-refractivity contribution in [2.45, 2.75) is 17.9 Å². The highest BCUT2D eigenvalue weighted by Gasteiger charge is 2.36. The van der Waals surface area contributed by atoms with E-state index in [-0.39, 0.29) is 29.1 Å². The van der Waals surface area contributed by atoms with E-state index in [1.165, 1.54) is 19.1 Å². The molecule has 1 fully saturated rings. The second-order valence-electron chi connectivity index (χ2n) is 6.39. The van der Waals surface area contributed by atoms with Crippen LogP contribution in [0.3, 0.4) is 0 Å². The van der Waals surface area contributed by atoms with E-state index < -0.39 is 10.0 Å². The van der Waals surface area contributed by atoms with Crippen LogP contribution in [0.5, 0.6) is 0 Å². The second kappa shape index (κ2) is 8.31. The minimum atomic E-state index is -3.63. The zero-order chi connectivity index (χ0) is 18.0. The van der Waals surface area contributed by atoms with Crippen molar-refractivity contribution in [3.63, 3.8) is 0 Å². The molecule has 2 aromatic carbocycles. The molecule has 140 valence electrons. The van der Waals surface area contributed by atoms with Crippen molar-refractivity contribution in [1.82, 2.24) is 9.21 Å². The minimum Gasteiger partial charge on any atom is -0.303 e. The molecule has 0 bridgehead atoms. The fourth-order valence-electron chi connectivity index (χ4n) is 3.13. The SMILES string of the molecule is CC(=O)c1ccc(S(=O)(=O)N2CCN(C)CC2c2ccccc2)cc1.Cl. The van der Waals surface area contributed by atoms with Gasteiger partial charge in [-0.3, -0.25) is 4.79 Å². The van der Waals surface area contributed by atoms with E-state index in [0.717, 1.165) is 5.56 Å². The van der Waals surface area contributed by atoms with Gasteiger partial charge in [0, 0.05) is 25.2 Å². The summed E-state index contributed by atoms with van der Waals surface area (Å²) in [7, 11) is -1.63. The molecule has 0 aromatic heterocycles. The van der Waals surface area contributed by atoms with E-state index in [9.17, 15) is 13.2 Å². The molecule has 1 heterocycles. The molecule has 2 aromatic rings. The minimum absolute atomic E-state index is 0. The molecule has 1 atom stereocenters. The van der Waals surface area contributed by atoms with Crippen LogP contribution < -0.4 is 0 Å². The lowest BCUT2D eigenvalue weighted by Gasteiger charge is -2.39. The van der Waals surface area contributed by atoms with Crippen molar-refractivity contribution in [3.8, 4) is 0 Å². The number of carbonyl (C=O) groups is 1. The van der Waals surface area contributed by atoms with Gasteiger partial charge in [-0.1, -0.05) is 42.5 Å². The lowest BCUT2D eigenvalue weighted by Crippen LogP contribution is -2.49.